The summed E-state index contributed by atoms with van der Waals surface area (Å²) in [6.07, 6.45) is 0. The lowest BCUT2D eigenvalue weighted by Crippen LogP contribution is -2.52. The fourth-order valence-electron chi connectivity index (χ4n) is 7.11. The number of rotatable bonds is 5. The smallest absolute Gasteiger partial charge is 0.154 e. The highest BCUT2D eigenvalue weighted by atomic mass is 28.3. The first-order chi connectivity index (χ1) is 22.3. The Morgan fingerprint density at radius 2 is 0.600 bits per heavy atom. The summed E-state index contributed by atoms with van der Waals surface area (Å²) in [7, 11) is -1.34. The molecule has 45 heavy (non-hydrogen) atoms. The van der Waals surface area contributed by atoms with Gasteiger partial charge in [0, 0.05) is 32.9 Å². The molecular weight excluding hydrogens is 561 g/mol. The van der Waals surface area contributed by atoms with Gasteiger partial charge in [-0.1, -0.05) is 144 Å². The predicted octanol–water partition coefficient (Wildman–Crippen LogP) is 8.40. The summed E-state index contributed by atoms with van der Waals surface area (Å²) in [5.41, 5.74) is 7.23. The quantitative estimate of drug-likeness (QED) is 0.141. The lowest BCUT2D eigenvalue weighted by Gasteiger charge is -2.21. The molecule has 0 N–H and O–H groups in total. The Hall–Kier alpha value is -5.64. The van der Waals surface area contributed by atoms with Crippen LogP contribution in [0.5, 0.6) is 0 Å². The molecule has 0 saturated heterocycles. The fraction of sp³-hybridized carbons (Fsp3) is 0. The third-order valence-corrected chi connectivity index (χ3v) is 11.7. The van der Waals surface area contributed by atoms with Gasteiger partial charge in [0.25, 0.3) is 0 Å². The van der Waals surface area contributed by atoms with E-state index in [-0.39, 0.29) is 0 Å². The highest BCUT2D eigenvalue weighted by molar-refractivity contribution is 6.95. The molecule has 0 unspecified atom stereocenters. The van der Waals surface area contributed by atoms with E-state index in [0.29, 0.717) is 0 Å². The van der Waals surface area contributed by atoms with Gasteiger partial charge in [0.05, 0.1) is 22.1 Å². The van der Waals surface area contributed by atoms with Crippen molar-refractivity contribution in [2.24, 2.45) is 0 Å². The van der Waals surface area contributed by atoms with Crippen LogP contribution >= 0.6 is 0 Å². The van der Waals surface area contributed by atoms with E-state index in [1.54, 1.807) is 0 Å². The molecule has 0 aliphatic rings. The topological polar surface area (TPSA) is 9.86 Å². The minimum Gasteiger partial charge on any atom is -0.309 e. The molecule has 1 radical (unpaired) electrons. The van der Waals surface area contributed by atoms with E-state index in [0.717, 1.165) is 0 Å². The van der Waals surface area contributed by atoms with Crippen LogP contribution in [0, 0.1) is 0 Å². The van der Waals surface area contributed by atoms with E-state index >= 15 is 0 Å². The maximum atomic E-state index is 2.46. The van der Waals surface area contributed by atoms with Crippen molar-refractivity contribution in [2.75, 3.05) is 0 Å². The van der Waals surface area contributed by atoms with Crippen molar-refractivity contribution in [3.05, 3.63) is 176 Å². The molecule has 0 amide bonds. The molecule has 0 aliphatic heterocycles. The molecule has 2 heterocycles. The zero-order valence-corrected chi connectivity index (χ0v) is 25.6. The minimum absolute atomic E-state index is 1.18. The molecule has 2 aromatic heterocycles. The van der Waals surface area contributed by atoms with Gasteiger partial charge in [-0.2, -0.15) is 0 Å². The molecule has 7 aromatic carbocycles. The van der Waals surface area contributed by atoms with Crippen LogP contribution in [-0.4, -0.2) is 17.9 Å². The lowest BCUT2D eigenvalue weighted by molar-refractivity contribution is 1.14. The number of benzene rings is 7. The van der Waals surface area contributed by atoms with Crippen molar-refractivity contribution >= 4 is 68.0 Å². The third kappa shape index (κ3) is 4.16. The Balaban J connectivity index is 1.42. The molecule has 0 fully saturated rings. The van der Waals surface area contributed by atoms with Crippen LogP contribution < -0.4 is 15.6 Å². The van der Waals surface area contributed by atoms with Gasteiger partial charge in [0.2, 0.25) is 0 Å². The van der Waals surface area contributed by atoms with Crippen molar-refractivity contribution in [1.82, 2.24) is 9.13 Å². The summed E-state index contributed by atoms with van der Waals surface area (Å²) >= 11 is 0. The second-order valence-corrected chi connectivity index (χ2v) is 14.1. The Labute approximate surface area is 263 Å². The van der Waals surface area contributed by atoms with Gasteiger partial charge in [-0.15, -0.1) is 0 Å². The van der Waals surface area contributed by atoms with Crippen LogP contribution in [0.4, 0.5) is 0 Å². The largest absolute Gasteiger partial charge is 0.309 e. The number of fused-ring (bicyclic) bond motifs is 6. The standard InChI is InChI=1S/C42H29N2Si/c1-3-15-32(16-4-1)45(33-17-5-2-6-18-33)34-28-30(43-39-23-11-7-19-35(39)36-20-8-12-24-40(36)43)27-31(29-34)44-41-25-13-9-21-37(41)38-22-10-14-26-42(38)44/h1-29H. The molecule has 0 aliphatic carbocycles. The summed E-state index contributed by atoms with van der Waals surface area (Å²) in [5, 5.41) is 9.19. The molecule has 9 rings (SSSR count). The van der Waals surface area contributed by atoms with Crippen LogP contribution in [-0.2, 0) is 0 Å². The van der Waals surface area contributed by atoms with Crippen LogP contribution in [0.25, 0.3) is 55.0 Å². The van der Waals surface area contributed by atoms with Crippen molar-refractivity contribution in [2.45, 2.75) is 0 Å². The SMILES string of the molecule is c1ccc([Si](c2ccccc2)c2cc(-n3c4ccccc4c4ccccc43)cc(-n3c4ccccc4c4ccccc43)c2)cc1. The fourth-order valence-corrected chi connectivity index (χ4v) is 9.74. The van der Waals surface area contributed by atoms with Crippen LogP contribution in [0.2, 0.25) is 0 Å². The Bertz CT molecular complexity index is 2210. The van der Waals surface area contributed by atoms with Gasteiger partial charge in [0.15, 0.2) is 8.80 Å². The van der Waals surface area contributed by atoms with Crippen LogP contribution in [0.1, 0.15) is 0 Å². The van der Waals surface area contributed by atoms with Crippen molar-refractivity contribution < 1.29 is 0 Å². The minimum atomic E-state index is -1.34. The number of para-hydroxylation sites is 4. The first-order valence-corrected chi connectivity index (χ1v) is 17.0. The zero-order chi connectivity index (χ0) is 29.7. The highest BCUT2D eigenvalue weighted by Crippen LogP contribution is 2.35. The summed E-state index contributed by atoms with van der Waals surface area (Å²) in [6.45, 7) is 0. The van der Waals surface area contributed by atoms with Gasteiger partial charge in [-0.05, 0) is 47.7 Å². The molecule has 0 bridgehead atoms. The number of hydrogen-bond acceptors (Lipinski definition) is 0. The second kappa shape index (κ2) is 10.5. The van der Waals surface area contributed by atoms with Crippen molar-refractivity contribution in [1.29, 1.82) is 0 Å². The van der Waals surface area contributed by atoms with E-state index < -0.39 is 8.80 Å². The van der Waals surface area contributed by atoms with Gasteiger partial charge in [0.1, 0.15) is 0 Å². The Kier molecular flexibility index (Phi) is 6.03. The first-order valence-electron chi connectivity index (χ1n) is 15.5. The van der Waals surface area contributed by atoms with Crippen molar-refractivity contribution in [3.8, 4) is 11.4 Å². The monoisotopic (exact) mass is 589 g/mol. The van der Waals surface area contributed by atoms with Crippen LogP contribution in [0.15, 0.2) is 176 Å². The number of hydrogen-bond donors (Lipinski definition) is 0. The van der Waals surface area contributed by atoms with E-state index in [9.17, 15) is 0 Å². The first kappa shape index (κ1) is 25.8. The van der Waals surface area contributed by atoms with E-state index in [1.165, 1.54) is 70.5 Å². The van der Waals surface area contributed by atoms with Crippen molar-refractivity contribution in [3.63, 3.8) is 0 Å². The lowest BCUT2D eigenvalue weighted by atomic mass is 10.2. The molecule has 3 heteroatoms. The summed E-state index contributed by atoms with van der Waals surface area (Å²) in [6, 6.07) is 64.6. The van der Waals surface area contributed by atoms with Crippen LogP contribution in [0.3, 0.4) is 0 Å². The highest BCUT2D eigenvalue weighted by Gasteiger charge is 2.23. The summed E-state index contributed by atoms with van der Waals surface area (Å²) in [4.78, 5) is 0. The molecule has 9 aromatic rings. The average molecular weight is 590 g/mol. The maximum absolute atomic E-state index is 2.46. The average Bonchev–Trinajstić information content (AvgIpc) is 3.63. The molecular formula is C42H29N2Si. The Morgan fingerprint density at radius 1 is 0.289 bits per heavy atom. The Morgan fingerprint density at radius 3 is 0.956 bits per heavy atom. The molecule has 2 nitrogen and oxygen atoms in total. The number of nitrogens with zero attached hydrogens (tertiary/aromatic N) is 2. The third-order valence-electron chi connectivity index (χ3n) is 8.99. The summed E-state index contributed by atoms with van der Waals surface area (Å²) in [5.74, 6) is 0. The van der Waals surface area contributed by atoms with Gasteiger partial charge in [-0.25, -0.2) is 0 Å². The second-order valence-electron chi connectivity index (χ2n) is 11.6. The number of aromatic nitrogens is 2. The summed E-state index contributed by atoms with van der Waals surface area (Å²) < 4.78 is 4.92. The zero-order valence-electron chi connectivity index (χ0n) is 24.6. The van der Waals surface area contributed by atoms with E-state index in [4.69, 9.17) is 0 Å². The maximum Gasteiger partial charge on any atom is 0.154 e. The molecule has 0 saturated carbocycles. The van der Waals surface area contributed by atoms with Gasteiger partial charge in [-0.3, -0.25) is 0 Å². The van der Waals surface area contributed by atoms with E-state index in [1.807, 2.05) is 0 Å². The molecule has 211 valence electrons. The molecule has 0 spiro atoms. The predicted molar refractivity (Wildman–Crippen MR) is 193 cm³/mol. The molecule has 0 atom stereocenters. The van der Waals surface area contributed by atoms with Gasteiger partial charge >= 0.3 is 0 Å². The van der Waals surface area contributed by atoms with Gasteiger partial charge < -0.3 is 9.13 Å². The van der Waals surface area contributed by atoms with E-state index in [2.05, 4.69) is 185 Å². The normalized spacial score (nSPS) is 11.8.